The van der Waals surface area contributed by atoms with Crippen LogP contribution in [0.1, 0.15) is 28.0 Å². The molecule has 0 saturated heterocycles. The number of carbonyl (C=O) groups is 2. The van der Waals surface area contributed by atoms with Gasteiger partial charge in [-0.15, -0.1) is 0 Å². The Morgan fingerprint density at radius 3 is 2.92 bits per heavy atom. The molecule has 0 atom stereocenters. The molecule has 1 aromatic heterocycles. The van der Waals surface area contributed by atoms with Gasteiger partial charge >= 0.3 is 6.09 Å². The van der Waals surface area contributed by atoms with E-state index in [1.807, 2.05) is 18.2 Å². The highest BCUT2D eigenvalue weighted by Gasteiger charge is 2.15. The van der Waals surface area contributed by atoms with Crippen LogP contribution in [0, 0.1) is 0 Å². The fraction of sp³-hybridized carbons (Fsp3) is 0.316. The fourth-order valence-corrected chi connectivity index (χ4v) is 3.02. The molecule has 136 valence electrons. The lowest BCUT2D eigenvalue weighted by atomic mass is 10.0. The molecule has 1 aliphatic rings. The van der Waals surface area contributed by atoms with Gasteiger partial charge in [-0.2, -0.15) is 0 Å². The standard InChI is InChI=1S/C19H22N4O3/c1-23-9-3-4-13-10-15(5-6-17(13)23)22-18(24)14-7-8-20-16(11-14)12-21-19(25)26-2/h5-8,10-11H,3-4,9,12H2,1-2H3,(H,21,25)(H,22,24). The molecule has 0 bridgehead atoms. The van der Waals surface area contributed by atoms with E-state index in [-0.39, 0.29) is 12.5 Å². The second-order valence-corrected chi connectivity index (χ2v) is 6.20. The number of aryl methyl sites for hydroxylation is 1. The Hall–Kier alpha value is -3.09. The monoisotopic (exact) mass is 354 g/mol. The Bertz CT molecular complexity index is 822. The van der Waals surface area contributed by atoms with Crippen LogP contribution in [0.2, 0.25) is 0 Å². The second kappa shape index (κ2) is 7.86. The zero-order chi connectivity index (χ0) is 18.5. The minimum Gasteiger partial charge on any atom is -0.453 e. The number of amides is 2. The first kappa shape index (κ1) is 17.7. The van der Waals surface area contributed by atoms with Crippen LogP contribution in [0.4, 0.5) is 16.2 Å². The number of carbonyl (C=O) groups excluding carboxylic acids is 2. The van der Waals surface area contributed by atoms with Gasteiger partial charge < -0.3 is 20.3 Å². The summed E-state index contributed by atoms with van der Waals surface area (Å²) in [6, 6.07) is 9.28. The maximum Gasteiger partial charge on any atom is 0.407 e. The Labute approximate surface area is 152 Å². The van der Waals surface area contributed by atoms with Gasteiger partial charge in [-0.05, 0) is 48.7 Å². The zero-order valence-corrected chi connectivity index (χ0v) is 14.9. The van der Waals surface area contributed by atoms with Gasteiger partial charge in [0.25, 0.3) is 5.91 Å². The quantitative estimate of drug-likeness (QED) is 0.882. The van der Waals surface area contributed by atoms with Gasteiger partial charge in [0.15, 0.2) is 0 Å². The van der Waals surface area contributed by atoms with Crippen LogP contribution >= 0.6 is 0 Å². The molecule has 26 heavy (non-hydrogen) atoms. The van der Waals surface area contributed by atoms with Crippen molar-refractivity contribution in [1.29, 1.82) is 0 Å². The van der Waals surface area contributed by atoms with Gasteiger partial charge in [-0.1, -0.05) is 0 Å². The molecular formula is C19H22N4O3. The van der Waals surface area contributed by atoms with E-state index < -0.39 is 6.09 Å². The van der Waals surface area contributed by atoms with Crippen molar-refractivity contribution in [2.45, 2.75) is 19.4 Å². The first-order valence-electron chi connectivity index (χ1n) is 8.49. The first-order chi connectivity index (χ1) is 12.6. The highest BCUT2D eigenvalue weighted by atomic mass is 16.5. The third-order valence-corrected chi connectivity index (χ3v) is 4.37. The molecule has 1 aromatic carbocycles. The number of fused-ring (bicyclic) bond motifs is 1. The molecule has 2 amide bonds. The number of benzene rings is 1. The highest BCUT2D eigenvalue weighted by Crippen LogP contribution is 2.28. The summed E-state index contributed by atoms with van der Waals surface area (Å²) in [6.07, 6.45) is 3.13. The highest BCUT2D eigenvalue weighted by molar-refractivity contribution is 6.04. The van der Waals surface area contributed by atoms with Crippen molar-refractivity contribution in [3.63, 3.8) is 0 Å². The maximum absolute atomic E-state index is 12.5. The van der Waals surface area contributed by atoms with E-state index in [0.717, 1.165) is 25.1 Å². The Morgan fingerprint density at radius 2 is 2.12 bits per heavy atom. The van der Waals surface area contributed by atoms with Gasteiger partial charge in [0.05, 0.1) is 19.3 Å². The van der Waals surface area contributed by atoms with Crippen molar-refractivity contribution in [2.24, 2.45) is 0 Å². The van der Waals surface area contributed by atoms with E-state index in [9.17, 15) is 9.59 Å². The topological polar surface area (TPSA) is 83.6 Å². The molecule has 0 spiro atoms. The second-order valence-electron chi connectivity index (χ2n) is 6.20. The van der Waals surface area contributed by atoms with Crippen molar-refractivity contribution in [1.82, 2.24) is 10.3 Å². The minimum absolute atomic E-state index is 0.193. The smallest absolute Gasteiger partial charge is 0.407 e. The minimum atomic E-state index is -0.541. The Balaban J connectivity index is 1.69. The number of nitrogens with zero attached hydrogens (tertiary/aromatic N) is 2. The van der Waals surface area contributed by atoms with Gasteiger partial charge in [-0.25, -0.2) is 4.79 Å². The molecule has 2 heterocycles. The normalized spacial score (nSPS) is 12.9. The lowest BCUT2D eigenvalue weighted by molar-refractivity contribution is 0.102. The van der Waals surface area contributed by atoms with E-state index in [2.05, 4.69) is 32.3 Å². The van der Waals surface area contributed by atoms with E-state index in [1.54, 1.807) is 18.3 Å². The Morgan fingerprint density at radius 1 is 1.27 bits per heavy atom. The molecule has 2 aromatic rings. The molecule has 0 saturated carbocycles. The maximum atomic E-state index is 12.5. The number of hydrogen-bond donors (Lipinski definition) is 2. The number of anilines is 2. The van der Waals surface area contributed by atoms with E-state index in [0.29, 0.717) is 11.3 Å². The van der Waals surface area contributed by atoms with Crippen LogP contribution in [0.15, 0.2) is 36.5 Å². The van der Waals surface area contributed by atoms with Crippen molar-refractivity contribution in [3.05, 3.63) is 53.3 Å². The van der Waals surface area contributed by atoms with Crippen molar-refractivity contribution in [3.8, 4) is 0 Å². The van der Waals surface area contributed by atoms with Crippen molar-refractivity contribution >= 4 is 23.4 Å². The molecular weight excluding hydrogens is 332 g/mol. The van der Waals surface area contributed by atoms with Gasteiger partial charge in [-0.3, -0.25) is 9.78 Å². The third kappa shape index (κ3) is 4.11. The van der Waals surface area contributed by atoms with Crippen LogP contribution in [-0.2, 0) is 17.7 Å². The van der Waals surface area contributed by atoms with Crippen molar-refractivity contribution < 1.29 is 14.3 Å². The number of methoxy groups -OCH3 is 1. The molecule has 1 aliphatic heterocycles. The largest absolute Gasteiger partial charge is 0.453 e. The summed E-state index contributed by atoms with van der Waals surface area (Å²) in [4.78, 5) is 30.0. The SMILES string of the molecule is COC(=O)NCc1cc(C(=O)Nc2ccc3c(c2)CCCN3C)ccn1. The predicted octanol–water partition coefficient (Wildman–Crippen LogP) is 2.57. The zero-order valence-electron chi connectivity index (χ0n) is 14.9. The molecule has 3 rings (SSSR count). The fourth-order valence-electron chi connectivity index (χ4n) is 3.02. The number of ether oxygens (including phenoxy) is 1. The van der Waals surface area contributed by atoms with Crippen LogP contribution in [-0.4, -0.2) is 37.7 Å². The average molecular weight is 354 g/mol. The summed E-state index contributed by atoms with van der Waals surface area (Å²) >= 11 is 0. The van der Waals surface area contributed by atoms with E-state index >= 15 is 0 Å². The summed E-state index contributed by atoms with van der Waals surface area (Å²) in [7, 11) is 3.38. The molecule has 0 unspecified atom stereocenters. The number of nitrogens with one attached hydrogen (secondary N) is 2. The van der Waals surface area contributed by atoms with E-state index in [4.69, 9.17) is 0 Å². The number of rotatable bonds is 4. The summed E-state index contributed by atoms with van der Waals surface area (Å²) in [5.41, 5.74) is 4.30. The van der Waals surface area contributed by atoms with Gasteiger partial charge in [0.2, 0.25) is 0 Å². The van der Waals surface area contributed by atoms with Crippen molar-refractivity contribution in [2.75, 3.05) is 30.9 Å². The predicted molar refractivity (Wildman–Crippen MR) is 99.5 cm³/mol. The molecule has 0 aliphatic carbocycles. The summed E-state index contributed by atoms with van der Waals surface area (Å²) in [5, 5.41) is 5.47. The van der Waals surface area contributed by atoms with Crippen LogP contribution in [0.3, 0.4) is 0 Å². The number of hydrogen-bond acceptors (Lipinski definition) is 5. The lowest BCUT2D eigenvalue weighted by Crippen LogP contribution is -2.24. The van der Waals surface area contributed by atoms with Crippen LogP contribution < -0.4 is 15.5 Å². The summed E-state index contributed by atoms with van der Waals surface area (Å²) < 4.78 is 4.52. The lowest BCUT2D eigenvalue weighted by Gasteiger charge is -2.27. The first-order valence-corrected chi connectivity index (χ1v) is 8.49. The van der Waals surface area contributed by atoms with Crippen LogP contribution in [0.25, 0.3) is 0 Å². The summed E-state index contributed by atoms with van der Waals surface area (Å²) in [5.74, 6) is -0.212. The summed E-state index contributed by atoms with van der Waals surface area (Å²) in [6.45, 7) is 1.25. The molecule has 2 N–H and O–H groups in total. The van der Waals surface area contributed by atoms with Crippen LogP contribution in [0.5, 0.6) is 0 Å². The van der Waals surface area contributed by atoms with Gasteiger partial charge in [0.1, 0.15) is 0 Å². The molecule has 7 nitrogen and oxygen atoms in total. The average Bonchev–Trinajstić information content (AvgIpc) is 2.66. The number of alkyl carbamates (subject to hydrolysis) is 1. The number of pyridine rings is 1. The third-order valence-electron chi connectivity index (χ3n) is 4.37. The molecule has 7 heteroatoms. The number of aromatic nitrogens is 1. The molecule has 0 radical (unpaired) electrons. The Kier molecular flexibility index (Phi) is 5.36. The van der Waals surface area contributed by atoms with Gasteiger partial charge in [0, 0.05) is 36.7 Å². The molecule has 0 fully saturated rings. The van der Waals surface area contributed by atoms with E-state index in [1.165, 1.54) is 18.4 Å².